The van der Waals surface area contributed by atoms with Crippen LogP contribution in [0.2, 0.25) is 0 Å². The lowest BCUT2D eigenvalue weighted by atomic mass is 9.97. The molecule has 7 heteroatoms. The molecule has 0 amide bonds. The molecular weight excluding hydrogens is 428 g/mol. The number of nitrogens with one attached hydrogen (secondary N) is 1. The maximum Gasteiger partial charge on any atom is 0.305 e. The smallest absolute Gasteiger partial charge is 0.305 e. The van der Waals surface area contributed by atoms with E-state index in [2.05, 4.69) is 34.8 Å². The molecule has 0 radical (unpaired) electrons. The lowest BCUT2D eigenvalue weighted by molar-refractivity contribution is -0.140. The van der Waals surface area contributed by atoms with Gasteiger partial charge in [0.1, 0.15) is 5.82 Å². The molecule has 34 heavy (non-hydrogen) atoms. The number of pyridine rings is 1. The maximum atomic E-state index is 11.5. The van der Waals surface area contributed by atoms with Crippen molar-refractivity contribution in [2.45, 2.75) is 51.2 Å². The molecule has 7 nitrogen and oxygen atoms in total. The van der Waals surface area contributed by atoms with Crippen molar-refractivity contribution in [1.82, 2.24) is 15.2 Å². The summed E-state index contributed by atoms with van der Waals surface area (Å²) in [5.74, 6) is 0.181. The molecule has 180 valence electrons. The number of benzene rings is 1. The number of carbonyl (C=O) groups is 1. The number of aliphatic imine (C=N–C) groups is 1. The molecule has 2 aliphatic heterocycles. The Morgan fingerprint density at radius 3 is 3.00 bits per heavy atom. The predicted octanol–water partition coefficient (Wildman–Crippen LogP) is 4.47. The van der Waals surface area contributed by atoms with E-state index in [1.165, 1.54) is 5.57 Å². The van der Waals surface area contributed by atoms with Gasteiger partial charge in [-0.25, -0.2) is 4.99 Å². The summed E-state index contributed by atoms with van der Waals surface area (Å²) in [4.78, 5) is 23.0. The van der Waals surface area contributed by atoms with Gasteiger partial charge in [-0.3, -0.25) is 14.7 Å². The lowest BCUT2D eigenvalue weighted by Gasteiger charge is -2.43. The van der Waals surface area contributed by atoms with E-state index >= 15 is 0 Å². The van der Waals surface area contributed by atoms with E-state index in [0.29, 0.717) is 6.61 Å². The summed E-state index contributed by atoms with van der Waals surface area (Å²) in [5, 5.41) is 13.9. The molecular formula is C27H34N4O3. The third-order valence-corrected chi connectivity index (χ3v) is 6.53. The summed E-state index contributed by atoms with van der Waals surface area (Å²) in [7, 11) is 0. The van der Waals surface area contributed by atoms with Gasteiger partial charge in [0, 0.05) is 49.6 Å². The first-order chi connectivity index (χ1) is 16.5. The van der Waals surface area contributed by atoms with Crippen molar-refractivity contribution in [1.29, 1.82) is 0 Å². The number of nitrogens with zero attached hydrogens (tertiary/aromatic N) is 3. The van der Waals surface area contributed by atoms with E-state index in [-0.39, 0.29) is 18.6 Å². The third-order valence-electron chi connectivity index (χ3n) is 6.53. The highest BCUT2D eigenvalue weighted by Gasteiger charge is 2.35. The fourth-order valence-electron chi connectivity index (χ4n) is 4.54. The molecule has 1 aromatic carbocycles. The Labute approximate surface area is 201 Å². The Balaban J connectivity index is 1.27. The van der Waals surface area contributed by atoms with Crippen molar-refractivity contribution in [3.05, 3.63) is 66.1 Å². The lowest BCUT2D eigenvalue weighted by Crippen LogP contribution is -2.53. The molecule has 2 aromatic rings. The van der Waals surface area contributed by atoms with E-state index < -0.39 is 5.97 Å². The number of fused-ring (bicyclic) bond motifs is 1. The van der Waals surface area contributed by atoms with Crippen LogP contribution in [0.25, 0.3) is 10.9 Å². The number of likely N-dealkylation sites (tertiary alicyclic amines) is 1. The van der Waals surface area contributed by atoms with Crippen LogP contribution < -0.4 is 5.32 Å². The number of allylic oxidation sites excluding steroid dienone is 2. The van der Waals surface area contributed by atoms with Crippen LogP contribution in [0.5, 0.6) is 0 Å². The van der Waals surface area contributed by atoms with Crippen LogP contribution in [-0.4, -0.2) is 59.0 Å². The van der Waals surface area contributed by atoms with Crippen molar-refractivity contribution in [3.8, 4) is 0 Å². The van der Waals surface area contributed by atoms with Gasteiger partial charge in [-0.2, -0.15) is 0 Å². The minimum atomic E-state index is -0.809. The molecule has 0 aliphatic carbocycles. The molecule has 2 aliphatic rings. The van der Waals surface area contributed by atoms with Crippen LogP contribution in [0, 0.1) is 0 Å². The highest BCUT2D eigenvalue weighted by atomic mass is 16.5. The first-order valence-corrected chi connectivity index (χ1v) is 12.1. The number of aliphatic carboxylic acids is 1. The number of rotatable bonds is 11. The number of aromatic nitrogens is 1. The van der Waals surface area contributed by atoms with Crippen LogP contribution in [0.4, 0.5) is 0 Å². The normalized spacial score (nSPS) is 18.4. The van der Waals surface area contributed by atoms with Gasteiger partial charge in [0.2, 0.25) is 0 Å². The average molecular weight is 463 g/mol. The Bertz CT molecular complexity index is 1090. The first-order valence-electron chi connectivity index (χ1n) is 12.1. The van der Waals surface area contributed by atoms with Crippen LogP contribution in [0.1, 0.15) is 50.6 Å². The van der Waals surface area contributed by atoms with Crippen LogP contribution >= 0.6 is 0 Å². The van der Waals surface area contributed by atoms with Gasteiger partial charge in [-0.05, 0) is 62.0 Å². The maximum absolute atomic E-state index is 11.5. The van der Waals surface area contributed by atoms with Crippen LogP contribution in [-0.2, 0) is 9.53 Å². The number of hydrogen-bond acceptors (Lipinski definition) is 6. The van der Waals surface area contributed by atoms with Crippen molar-refractivity contribution >= 4 is 22.6 Å². The molecule has 0 bridgehead atoms. The minimum Gasteiger partial charge on any atom is -0.481 e. The molecule has 3 heterocycles. The average Bonchev–Trinajstić information content (AvgIpc) is 2.81. The number of carboxylic acid groups (broad SMARTS) is 1. The monoisotopic (exact) mass is 462 g/mol. The largest absolute Gasteiger partial charge is 0.481 e. The van der Waals surface area contributed by atoms with Crippen molar-refractivity contribution in [2.75, 3.05) is 26.2 Å². The summed E-state index contributed by atoms with van der Waals surface area (Å²) in [6.07, 6.45) is 7.76. The SMILES string of the molecule is C=CC(CCCOC1CN(C(CC(=O)O)c2cnc3ccccc3c2)C1)=NC1=C(C)CCCN1. The molecule has 4 rings (SSSR count). The first kappa shape index (κ1) is 24.1. The molecule has 0 spiro atoms. The van der Waals surface area contributed by atoms with Gasteiger partial charge in [-0.1, -0.05) is 24.8 Å². The van der Waals surface area contributed by atoms with Crippen LogP contribution in [0.15, 0.2) is 65.6 Å². The molecule has 0 saturated carbocycles. The molecule has 1 saturated heterocycles. The fourth-order valence-corrected chi connectivity index (χ4v) is 4.54. The molecule has 1 unspecified atom stereocenters. The van der Waals surface area contributed by atoms with E-state index in [1.54, 1.807) is 6.20 Å². The summed E-state index contributed by atoms with van der Waals surface area (Å²) in [5.41, 5.74) is 4.13. The Morgan fingerprint density at radius 2 is 2.24 bits per heavy atom. The highest BCUT2D eigenvalue weighted by molar-refractivity contribution is 5.95. The summed E-state index contributed by atoms with van der Waals surface area (Å²) in [6.45, 7) is 9.11. The van der Waals surface area contributed by atoms with Gasteiger partial charge in [0.05, 0.1) is 18.0 Å². The van der Waals surface area contributed by atoms with Gasteiger partial charge in [0.25, 0.3) is 0 Å². The zero-order valence-electron chi connectivity index (χ0n) is 19.9. The standard InChI is InChI=1S/C27H34N4O3/c1-3-22(30-27-19(2)8-6-12-28-27)10-7-13-34-23-17-31(18-23)25(15-26(32)33)21-14-20-9-4-5-11-24(20)29-16-21/h3-5,9,11,14,16,23,25,28H,1,6-8,10,12-13,15,17-18H2,2H3,(H,32,33). The van der Waals surface area contributed by atoms with E-state index in [4.69, 9.17) is 9.73 Å². The fraction of sp³-hybridized carbons (Fsp3) is 0.444. The van der Waals surface area contributed by atoms with Gasteiger partial charge >= 0.3 is 5.97 Å². The number of hydrogen-bond donors (Lipinski definition) is 2. The van der Waals surface area contributed by atoms with E-state index in [0.717, 1.165) is 73.3 Å². The van der Waals surface area contributed by atoms with Gasteiger partial charge in [0.15, 0.2) is 0 Å². The Hall–Kier alpha value is -3.03. The molecule has 1 fully saturated rings. The quantitative estimate of drug-likeness (QED) is 0.378. The molecule has 2 N–H and O–H groups in total. The summed E-state index contributed by atoms with van der Waals surface area (Å²) >= 11 is 0. The number of ether oxygens (including phenoxy) is 1. The van der Waals surface area contributed by atoms with Crippen LogP contribution in [0.3, 0.4) is 0 Å². The summed E-state index contributed by atoms with van der Waals surface area (Å²) in [6, 6.07) is 9.75. The number of carboxylic acids is 1. The molecule has 1 atom stereocenters. The topological polar surface area (TPSA) is 87.0 Å². The van der Waals surface area contributed by atoms with Gasteiger partial charge in [-0.15, -0.1) is 0 Å². The zero-order valence-corrected chi connectivity index (χ0v) is 19.9. The van der Waals surface area contributed by atoms with Crippen molar-refractivity contribution in [3.63, 3.8) is 0 Å². The number of para-hydroxylation sites is 1. The Kier molecular flexibility index (Phi) is 8.08. The summed E-state index contributed by atoms with van der Waals surface area (Å²) < 4.78 is 6.05. The second-order valence-corrected chi connectivity index (χ2v) is 9.09. The van der Waals surface area contributed by atoms with Crippen molar-refractivity contribution in [2.24, 2.45) is 4.99 Å². The van der Waals surface area contributed by atoms with E-state index in [1.807, 2.05) is 30.3 Å². The predicted molar refractivity (Wildman–Crippen MR) is 135 cm³/mol. The highest BCUT2D eigenvalue weighted by Crippen LogP contribution is 2.31. The second kappa shape index (κ2) is 11.4. The van der Waals surface area contributed by atoms with Crippen molar-refractivity contribution < 1.29 is 14.6 Å². The van der Waals surface area contributed by atoms with Gasteiger partial charge < -0.3 is 15.2 Å². The zero-order chi connectivity index (χ0) is 23.9. The molecule has 1 aromatic heterocycles. The third kappa shape index (κ3) is 6.10. The minimum absolute atomic E-state index is 0.0508. The second-order valence-electron chi connectivity index (χ2n) is 9.09. The Morgan fingerprint density at radius 1 is 1.41 bits per heavy atom. The van der Waals surface area contributed by atoms with E-state index in [9.17, 15) is 9.90 Å².